The standard InChI is InChI=1S/C14H12BrFIN5O.C14H10BrFIN5O/c2*1-2-21-14(15)9(6-19-21)13(23)12-7-18-20-22(12)11-4-3-8(16)5-10(11)17/h3-7,13,23H,2H2,1H3;3-7H,2H2,1H3. The van der Waals surface area contributed by atoms with E-state index in [1.165, 1.54) is 52.2 Å². The maximum absolute atomic E-state index is 13.3. The fourth-order valence-corrected chi connectivity index (χ4v) is 7.02. The number of aliphatic hydroxyl groups is 1. The Morgan fingerprint density at radius 2 is 1.37 bits per heavy atom. The number of benzene rings is 2. The molecule has 0 aliphatic heterocycles. The molecule has 0 amide bonds. The molecule has 1 unspecified atom stereocenters. The van der Waals surface area contributed by atoms with E-state index in [-0.39, 0.29) is 23.1 Å². The normalized spacial score (nSPS) is 11.8. The number of carbonyl (C=O) groups excluding carboxylic acids is 1. The van der Waals surface area contributed by atoms with E-state index in [4.69, 9.17) is 0 Å². The number of hydrogen-bond donors (Lipinski definition) is 1. The molecular formula is C28H22Br2F2I2N10O2. The molecule has 12 nitrogen and oxygen atoms in total. The second-order valence-corrected chi connectivity index (χ2v) is 13.2. The molecule has 0 spiro atoms. The Bertz CT molecular complexity index is 2030. The smallest absolute Gasteiger partial charge is 0.217 e. The first-order chi connectivity index (χ1) is 22.0. The Kier molecular flexibility index (Phi) is 11.1. The lowest BCUT2D eigenvalue weighted by molar-refractivity contribution is 0.103. The van der Waals surface area contributed by atoms with E-state index in [2.05, 4.69) is 62.7 Å². The summed E-state index contributed by atoms with van der Waals surface area (Å²) in [4.78, 5) is 12.8. The number of nitrogens with zero attached hydrogens (tertiary/aromatic N) is 10. The van der Waals surface area contributed by atoms with Crippen molar-refractivity contribution >= 4 is 82.8 Å². The van der Waals surface area contributed by atoms with Crippen LogP contribution in [0.15, 0.2) is 70.4 Å². The molecule has 0 aliphatic rings. The maximum Gasteiger partial charge on any atom is 0.217 e. The van der Waals surface area contributed by atoms with Crippen molar-refractivity contribution in [2.24, 2.45) is 0 Å². The minimum absolute atomic E-state index is 0.262. The molecule has 0 radical (unpaired) electrons. The average Bonchev–Trinajstić information content (AvgIpc) is 3.84. The zero-order valence-electron chi connectivity index (χ0n) is 23.9. The van der Waals surface area contributed by atoms with Crippen molar-refractivity contribution in [3.05, 3.63) is 112 Å². The second-order valence-electron chi connectivity index (χ2n) is 9.40. The molecule has 0 saturated carbocycles. The first-order valence-electron chi connectivity index (χ1n) is 13.4. The largest absolute Gasteiger partial charge is 0.382 e. The van der Waals surface area contributed by atoms with Crippen LogP contribution in [-0.2, 0) is 13.1 Å². The van der Waals surface area contributed by atoms with Crippen LogP contribution >= 0.6 is 77.0 Å². The third kappa shape index (κ3) is 6.99. The van der Waals surface area contributed by atoms with E-state index in [0.717, 1.165) is 0 Å². The topological polar surface area (TPSA) is 134 Å². The van der Waals surface area contributed by atoms with Crippen molar-refractivity contribution in [3.8, 4) is 11.4 Å². The van der Waals surface area contributed by atoms with Gasteiger partial charge in [-0.3, -0.25) is 14.2 Å². The maximum atomic E-state index is 13.3. The van der Waals surface area contributed by atoms with Crippen LogP contribution in [-0.4, -0.2) is 60.4 Å². The van der Waals surface area contributed by atoms with Gasteiger partial charge in [-0.15, -0.1) is 10.2 Å². The summed E-state index contributed by atoms with van der Waals surface area (Å²) in [6.07, 6.45) is 5.02. The number of ketones is 1. The van der Waals surface area contributed by atoms with Crippen molar-refractivity contribution in [3.63, 3.8) is 0 Å². The third-order valence-electron chi connectivity index (χ3n) is 6.63. The molecule has 0 fully saturated rings. The van der Waals surface area contributed by atoms with E-state index in [0.29, 0.717) is 57.6 Å². The summed E-state index contributed by atoms with van der Waals surface area (Å²) in [5.74, 6) is -0.938. The summed E-state index contributed by atoms with van der Waals surface area (Å²) < 4.78 is 35.5. The predicted molar refractivity (Wildman–Crippen MR) is 187 cm³/mol. The van der Waals surface area contributed by atoms with E-state index < -0.39 is 6.10 Å². The minimum Gasteiger partial charge on any atom is -0.382 e. The molecule has 1 atom stereocenters. The molecule has 46 heavy (non-hydrogen) atoms. The molecular weight excluding hydrogens is 960 g/mol. The molecule has 1 N–H and O–H groups in total. The Balaban J connectivity index is 0.000000181. The number of aromatic nitrogens is 10. The lowest BCUT2D eigenvalue weighted by atomic mass is 10.1. The van der Waals surface area contributed by atoms with Crippen LogP contribution in [0.25, 0.3) is 11.4 Å². The van der Waals surface area contributed by atoms with Gasteiger partial charge >= 0.3 is 0 Å². The van der Waals surface area contributed by atoms with Crippen molar-refractivity contribution < 1.29 is 18.7 Å². The van der Waals surface area contributed by atoms with Gasteiger partial charge in [0.1, 0.15) is 32.6 Å². The zero-order valence-corrected chi connectivity index (χ0v) is 31.3. The number of hydrogen-bond acceptors (Lipinski definition) is 8. The highest BCUT2D eigenvalue weighted by molar-refractivity contribution is 14.1. The quantitative estimate of drug-likeness (QED) is 0.139. The van der Waals surface area contributed by atoms with Crippen LogP contribution in [0.2, 0.25) is 0 Å². The van der Waals surface area contributed by atoms with E-state index >= 15 is 0 Å². The average molecular weight is 982 g/mol. The molecule has 4 heterocycles. The summed E-state index contributed by atoms with van der Waals surface area (Å²) in [6, 6.07) is 8.61. The summed E-state index contributed by atoms with van der Waals surface area (Å²) in [5.41, 5.74) is 3.04. The van der Waals surface area contributed by atoms with Crippen LogP contribution in [0, 0.1) is 18.8 Å². The number of halogens is 6. The highest BCUT2D eigenvalue weighted by atomic mass is 127. The van der Waals surface area contributed by atoms with Gasteiger partial charge in [-0.25, -0.2) is 18.1 Å². The lowest BCUT2D eigenvalue weighted by Crippen LogP contribution is -2.11. The number of aryl methyl sites for hydroxylation is 2. The van der Waals surface area contributed by atoms with Gasteiger partial charge in [0, 0.05) is 25.8 Å². The van der Waals surface area contributed by atoms with Crippen LogP contribution < -0.4 is 0 Å². The van der Waals surface area contributed by atoms with Crippen molar-refractivity contribution in [1.29, 1.82) is 0 Å². The minimum atomic E-state index is -0.958. The fraction of sp³-hybridized carbons (Fsp3) is 0.179. The van der Waals surface area contributed by atoms with Crippen molar-refractivity contribution in [2.45, 2.75) is 33.0 Å². The summed E-state index contributed by atoms with van der Waals surface area (Å²) in [5, 5.41) is 34.7. The second kappa shape index (κ2) is 14.9. The summed E-state index contributed by atoms with van der Waals surface area (Å²) in [7, 11) is 0. The number of carbonyl (C=O) groups is 1. The van der Waals surface area contributed by atoms with Gasteiger partial charge in [-0.2, -0.15) is 10.2 Å². The molecule has 4 aromatic heterocycles. The molecule has 2 aromatic carbocycles. The molecule has 18 heteroatoms. The molecule has 6 aromatic rings. The van der Waals surface area contributed by atoms with Gasteiger partial charge in [0.2, 0.25) is 5.78 Å². The van der Waals surface area contributed by atoms with Crippen LogP contribution in [0.3, 0.4) is 0 Å². The van der Waals surface area contributed by atoms with E-state index in [1.54, 1.807) is 27.7 Å². The van der Waals surface area contributed by atoms with Crippen molar-refractivity contribution in [1.82, 2.24) is 49.5 Å². The van der Waals surface area contributed by atoms with Gasteiger partial charge < -0.3 is 5.11 Å². The van der Waals surface area contributed by atoms with Gasteiger partial charge in [0.05, 0.1) is 47.4 Å². The Morgan fingerprint density at radius 3 is 1.93 bits per heavy atom. The third-order valence-corrected chi connectivity index (χ3v) is 10.1. The monoisotopic (exact) mass is 980 g/mol. The SMILES string of the molecule is CCn1ncc(C(=O)c2cnnn2-c2ccc(F)cc2I)c1Br.CCn1ncc(C(O)c2cnnn2-c2ccc(F)cc2I)c1Br. The van der Waals surface area contributed by atoms with Crippen LogP contribution in [0.4, 0.5) is 8.78 Å². The van der Waals surface area contributed by atoms with Crippen LogP contribution in [0.5, 0.6) is 0 Å². The lowest BCUT2D eigenvalue weighted by Gasteiger charge is -2.13. The van der Waals surface area contributed by atoms with Gasteiger partial charge in [-0.05, 0) is 127 Å². The molecule has 238 valence electrons. The van der Waals surface area contributed by atoms with Gasteiger partial charge in [0.15, 0.2) is 0 Å². The van der Waals surface area contributed by atoms with Crippen LogP contribution in [0.1, 0.15) is 47.3 Å². The first-order valence-corrected chi connectivity index (χ1v) is 17.2. The van der Waals surface area contributed by atoms with Gasteiger partial charge in [-0.1, -0.05) is 10.4 Å². The molecule has 6 rings (SSSR count). The Labute approximate surface area is 304 Å². The Morgan fingerprint density at radius 1 is 0.826 bits per heavy atom. The van der Waals surface area contributed by atoms with Crippen molar-refractivity contribution in [2.75, 3.05) is 0 Å². The van der Waals surface area contributed by atoms with Gasteiger partial charge in [0.25, 0.3) is 0 Å². The molecule has 0 bridgehead atoms. The fourth-order valence-electron chi connectivity index (χ4n) is 4.32. The zero-order chi connectivity index (χ0) is 33.1. The summed E-state index contributed by atoms with van der Waals surface area (Å²) in [6.45, 7) is 5.21. The first kappa shape index (κ1) is 34.4. The highest BCUT2D eigenvalue weighted by Crippen LogP contribution is 2.30. The Hall–Kier alpha value is -2.95. The summed E-state index contributed by atoms with van der Waals surface area (Å²) >= 11 is 10.8. The van der Waals surface area contributed by atoms with E-state index in [1.807, 2.05) is 59.0 Å². The number of aliphatic hydroxyl groups excluding tert-OH is 1. The molecule has 0 saturated heterocycles. The highest BCUT2D eigenvalue weighted by Gasteiger charge is 2.24. The number of rotatable bonds is 8. The van der Waals surface area contributed by atoms with E-state index in [9.17, 15) is 18.7 Å². The predicted octanol–water partition coefficient (Wildman–Crippen LogP) is 6.29. The molecule has 0 aliphatic carbocycles.